The molecule has 0 unspecified atom stereocenters. The van der Waals surface area contributed by atoms with Gasteiger partial charge in [-0.1, -0.05) is 30.3 Å². The summed E-state index contributed by atoms with van der Waals surface area (Å²) in [5.41, 5.74) is 0.835. The minimum atomic E-state index is -0.532. The monoisotopic (exact) mass is 326 g/mol. The quantitative estimate of drug-likeness (QED) is 0.844. The molecule has 1 aliphatic heterocycles. The van der Waals surface area contributed by atoms with Crippen LogP contribution in [0.3, 0.4) is 0 Å². The lowest BCUT2D eigenvalue weighted by atomic mass is 9.86. The smallest absolute Gasteiger partial charge is 0.250 e. The fraction of sp³-hybridized carbons (Fsp3) is 0.474. The number of benzene rings is 1. The normalized spacial score (nSPS) is 17.6. The Morgan fingerprint density at radius 1 is 1.17 bits per heavy atom. The van der Waals surface area contributed by atoms with E-state index in [0.717, 1.165) is 38.9 Å². The van der Waals surface area contributed by atoms with E-state index in [4.69, 9.17) is 0 Å². The fourth-order valence-electron chi connectivity index (χ4n) is 3.56. The zero-order valence-corrected chi connectivity index (χ0v) is 14.6. The molecule has 1 amide bonds. The molecule has 0 bridgehead atoms. The molecule has 0 atom stereocenters. The third-order valence-corrected chi connectivity index (χ3v) is 4.99. The summed E-state index contributed by atoms with van der Waals surface area (Å²) in [6.45, 7) is 2.88. The first-order valence-electron chi connectivity index (χ1n) is 8.60. The van der Waals surface area contributed by atoms with Crippen LogP contribution in [0.2, 0.25) is 0 Å². The summed E-state index contributed by atoms with van der Waals surface area (Å²) in [5.74, 6) is 0.147. The van der Waals surface area contributed by atoms with Crippen LogP contribution in [0.4, 0.5) is 0 Å². The van der Waals surface area contributed by atoms with Gasteiger partial charge in [0.25, 0.3) is 0 Å². The molecule has 0 spiro atoms. The number of nitrogens with zero attached hydrogens (tertiary/aromatic N) is 4. The Morgan fingerprint density at radius 3 is 2.46 bits per heavy atom. The molecule has 5 nitrogen and oxygen atoms in total. The van der Waals surface area contributed by atoms with Gasteiger partial charge in [0.1, 0.15) is 5.54 Å². The molecule has 1 saturated heterocycles. The van der Waals surface area contributed by atoms with Crippen LogP contribution in [-0.4, -0.2) is 59.2 Å². The maximum Gasteiger partial charge on any atom is 0.250 e. The molecule has 3 rings (SSSR count). The summed E-state index contributed by atoms with van der Waals surface area (Å²) in [5, 5.41) is 4.38. The van der Waals surface area contributed by atoms with E-state index in [0.29, 0.717) is 0 Å². The average Bonchev–Trinajstić information content (AvgIpc) is 3.16. The van der Waals surface area contributed by atoms with Gasteiger partial charge >= 0.3 is 0 Å². The highest BCUT2D eigenvalue weighted by atomic mass is 16.2. The highest BCUT2D eigenvalue weighted by Crippen LogP contribution is 2.31. The molecule has 0 saturated carbocycles. The second kappa shape index (κ2) is 7.18. The third kappa shape index (κ3) is 3.36. The van der Waals surface area contributed by atoms with Gasteiger partial charge in [-0.05, 0) is 30.9 Å². The number of aromatic nitrogens is 2. The fourth-order valence-corrected chi connectivity index (χ4v) is 3.56. The Labute approximate surface area is 143 Å². The molecule has 0 N–H and O–H groups in total. The minimum Gasteiger partial charge on any atom is -0.347 e. The van der Waals surface area contributed by atoms with E-state index in [1.807, 2.05) is 31.0 Å². The molecular formula is C19H26N4O. The maximum absolute atomic E-state index is 12.9. The second-order valence-electron chi connectivity index (χ2n) is 6.76. The number of likely N-dealkylation sites (tertiary alicyclic amines) is 1. The number of hydrogen-bond acceptors (Lipinski definition) is 3. The zero-order valence-electron chi connectivity index (χ0n) is 14.6. The average molecular weight is 326 g/mol. The van der Waals surface area contributed by atoms with Crippen LogP contribution in [0.1, 0.15) is 18.4 Å². The highest BCUT2D eigenvalue weighted by Gasteiger charge is 2.44. The Morgan fingerprint density at radius 2 is 1.88 bits per heavy atom. The number of rotatable bonds is 5. The van der Waals surface area contributed by atoms with Gasteiger partial charge in [0, 0.05) is 46.1 Å². The lowest BCUT2D eigenvalue weighted by Gasteiger charge is -2.42. The molecule has 24 heavy (non-hydrogen) atoms. The Bertz CT molecular complexity index is 643. The molecule has 0 radical (unpaired) electrons. The van der Waals surface area contributed by atoms with E-state index in [-0.39, 0.29) is 5.91 Å². The molecule has 1 aromatic carbocycles. The number of carbonyl (C=O) groups excluding carboxylic acids is 1. The van der Waals surface area contributed by atoms with E-state index >= 15 is 0 Å². The van der Waals surface area contributed by atoms with E-state index < -0.39 is 5.54 Å². The predicted molar refractivity (Wildman–Crippen MR) is 94.7 cm³/mol. The number of piperidine rings is 1. The van der Waals surface area contributed by atoms with Gasteiger partial charge < -0.3 is 9.80 Å². The molecule has 128 valence electrons. The van der Waals surface area contributed by atoms with Crippen molar-refractivity contribution in [2.24, 2.45) is 0 Å². The highest BCUT2D eigenvalue weighted by molar-refractivity contribution is 5.84. The Balaban J connectivity index is 1.65. The lowest BCUT2D eigenvalue weighted by molar-refractivity contribution is -0.141. The van der Waals surface area contributed by atoms with Gasteiger partial charge in [-0.15, -0.1) is 0 Å². The van der Waals surface area contributed by atoms with Crippen molar-refractivity contribution in [2.45, 2.75) is 24.8 Å². The van der Waals surface area contributed by atoms with Gasteiger partial charge in [-0.2, -0.15) is 5.10 Å². The molecule has 1 fully saturated rings. The number of amides is 1. The first kappa shape index (κ1) is 16.7. The van der Waals surface area contributed by atoms with Crippen molar-refractivity contribution in [1.82, 2.24) is 19.6 Å². The van der Waals surface area contributed by atoms with Gasteiger partial charge in [-0.3, -0.25) is 9.48 Å². The van der Waals surface area contributed by atoms with Crippen LogP contribution >= 0.6 is 0 Å². The summed E-state index contributed by atoms with van der Waals surface area (Å²) in [6, 6.07) is 12.5. The topological polar surface area (TPSA) is 41.4 Å². The van der Waals surface area contributed by atoms with Crippen molar-refractivity contribution < 1.29 is 4.79 Å². The van der Waals surface area contributed by atoms with Gasteiger partial charge in [0.15, 0.2) is 0 Å². The van der Waals surface area contributed by atoms with Crippen LogP contribution in [-0.2, 0) is 16.8 Å². The maximum atomic E-state index is 12.9. The van der Waals surface area contributed by atoms with Crippen LogP contribution in [0.15, 0.2) is 48.8 Å². The van der Waals surface area contributed by atoms with Gasteiger partial charge in [0.2, 0.25) is 5.91 Å². The second-order valence-corrected chi connectivity index (χ2v) is 6.76. The first-order chi connectivity index (χ1) is 11.6. The van der Waals surface area contributed by atoms with Gasteiger partial charge in [-0.25, -0.2) is 0 Å². The SMILES string of the molecule is CN(C)C(=O)C1(n2cccn2)CCN(CCc2ccccc2)CC1. The zero-order chi connectivity index (χ0) is 17.0. The number of hydrogen-bond donors (Lipinski definition) is 0. The van der Waals surface area contributed by atoms with E-state index in [9.17, 15) is 4.79 Å². The predicted octanol–water partition coefficient (Wildman–Crippen LogP) is 2.01. The molecule has 1 aliphatic rings. The Hall–Kier alpha value is -2.14. The van der Waals surface area contributed by atoms with Crippen LogP contribution in [0.25, 0.3) is 0 Å². The first-order valence-corrected chi connectivity index (χ1v) is 8.60. The van der Waals surface area contributed by atoms with Crippen LogP contribution in [0, 0.1) is 0 Å². The molecule has 5 heteroatoms. The summed E-state index contributed by atoms with van der Waals surface area (Å²) >= 11 is 0. The van der Waals surface area contributed by atoms with Gasteiger partial charge in [0.05, 0.1) is 0 Å². The lowest BCUT2D eigenvalue weighted by Crippen LogP contribution is -2.55. The van der Waals surface area contributed by atoms with Crippen LogP contribution < -0.4 is 0 Å². The molecule has 2 heterocycles. The van der Waals surface area contributed by atoms with Crippen molar-refractivity contribution in [1.29, 1.82) is 0 Å². The van der Waals surface area contributed by atoms with Crippen molar-refractivity contribution in [3.8, 4) is 0 Å². The molecular weight excluding hydrogens is 300 g/mol. The number of likely N-dealkylation sites (N-methyl/N-ethyl adjacent to an activating group) is 1. The van der Waals surface area contributed by atoms with E-state index in [1.54, 1.807) is 11.1 Å². The Kier molecular flexibility index (Phi) is 5.00. The summed E-state index contributed by atoms with van der Waals surface area (Å²) in [6.07, 6.45) is 6.34. The van der Waals surface area contributed by atoms with Crippen molar-refractivity contribution in [3.63, 3.8) is 0 Å². The third-order valence-electron chi connectivity index (χ3n) is 4.99. The summed E-state index contributed by atoms with van der Waals surface area (Å²) in [4.78, 5) is 17.0. The summed E-state index contributed by atoms with van der Waals surface area (Å²) < 4.78 is 1.86. The van der Waals surface area contributed by atoms with E-state index in [1.165, 1.54) is 5.56 Å². The number of carbonyl (C=O) groups is 1. The molecule has 0 aliphatic carbocycles. The largest absolute Gasteiger partial charge is 0.347 e. The molecule has 1 aromatic heterocycles. The minimum absolute atomic E-state index is 0.147. The molecule has 2 aromatic rings. The van der Waals surface area contributed by atoms with E-state index in [2.05, 4.69) is 40.3 Å². The standard InChI is InChI=1S/C19H26N4O/c1-21(2)18(24)19(23-13-6-12-20-23)10-15-22(16-11-19)14-9-17-7-4-3-5-8-17/h3-8,12-13H,9-11,14-16H2,1-2H3. The summed E-state index contributed by atoms with van der Waals surface area (Å²) in [7, 11) is 3.66. The van der Waals surface area contributed by atoms with Crippen LogP contribution in [0.5, 0.6) is 0 Å². The van der Waals surface area contributed by atoms with Crippen molar-refractivity contribution in [2.75, 3.05) is 33.7 Å². The van der Waals surface area contributed by atoms with Crippen molar-refractivity contribution >= 4 is 5.91 Å². The van der Waals surface area contributed by atoms with Crippen molar-refractivity contribution in [3.05, 3.63) is 54.4 Å².